The van der Waals surface area contributed by atoms with Gasteiger partial charge >= 0.3 is 6.18 Å². The highest BCUT2D eigenvalue weighted by Gasteiger charge is 2.45. The Labute approximate surface area is 117 Å². The van der Waals surface area contributed by atoms with Crippen molar-refractivity contribution in [3.05, 3.63) is 35.4 Å². The van der Waals surface area contributed by atoms with Gasteiger partial charge in [0.05, 0.1) is 6.54 Å². The number of nitrogens with one attached hydrogen (secondary N) is 1. The third-order valence-electron chi connectivity index (χ3n) is 4.32. The summed E-state index contributed by atoms with van der Waals surface area (Å²) in [5, 5.41) is 3.21. The SMILES string of the molecule is CNC1c2ccccc2CC1N(CC(F)(F)F)C1CC1. The Bertz CT molecular complexity index is 482. The molecule has 0 aromatic heterocycles. The van der Waals surface area contributed by atoms with Crippen LogP contribution in [0.3, 0.4) is 0 Å². The minimum absolute atomic E-state index is 0.00542. The molecule has 0 amide bonds. The van der Waals surface area contributed by atoms with E-state index in [0.29, 0.717) is 6.42 Å². The van der Waals surface area contributed by atoms with Gasteiger partial charge in [-0.05, 0) is 37.4 Å². The fourth-order valence-corrected chi connectivity index (χ4v) is 3.36. The standard InChI is InChI=1S/C15H19F3N2/c1-19-14-12-5-3-2-4-10(12)8-13(14)20(11-6-7-11)9-15(16,17)18/h2-5,11,13-14,19H,6-9H2,1H3. The number of nitrogens with zero attached hydrogens (tertiary/aromatic N) is 1. The molecule has 0 spiro atoms. The minimum atomic E-state index is -4.13. The van der Waals surface area contributed by atoms with Gasteiger partial charge in [0.25, 0.3) is 0 Å². The van der Waals surface area contributed by atoms with Crippen LogP contribution in [0.4, 0.5) is 13.2 Å². The molecule has 0 aliphatic heterocycles. The molecule has 1 N–H and O–H groups in total. The molecule has 1 saturated carbocycles. The number of benzene rings is 1. The van der Waals surface area contributed by atoms with Crippen molar-refractivity contribution in [2.45, 2.75) is 43.6 Å². The molecule has 2 nitrogen and oxygen atoms in total. The topological polar surface area (TPSA) is 15.3 Å². The van der Waals surface area contributed by atoms with Crippen molar-refractivity contribution < 1.29 is 13.2 Å². The summed E-state index contributed by atoms with van der Waals surface area (Å²) in [4.78, 5) is 1.67. The first-order valence-electron chi connectivity index (χ1n) is 7.07. The number of rotatable bonds is 4. The zero-order chi connectivity index (χ0) is 14.3. The number of likely N-dealkylation sites (N-methyl/N-ethyl adjacent to an activating group) is 1. The van der Waals surface area contributed by atoms with Crippen LogP contribution in [0.15, 0.2) is 24.3 Å². The van der Waals surface area contributed by atoms with Crippen LogP contribution in [0, 0.1) is 0 Å². The quantitative estimate of drug-likeness (QED) is 0.914. The number of hydrogen-bond donors (Lipinski definition) is 1. The maximum absolute atomic E-state index is 12.8. The number of halogens is 3. The van der Waals surface area contributed by atoms with Gasteiger partial charge in [-0.15, -0.1) is 0 Å². The lowest BCUT2D eigenvalue weighted by Gasteiger charge is -2.33. The minimum Gasteiger partial charge on any atom is -0.312 e. The lowest BCUT2D eigenvalue weighted by molar-refractivity contribution is -0.153. The predicted octanol–water partition coefficient (Wildman–Crippen LogP) is 2.90. The number of hydrogen-bond acceptors (Lipinski definition) is 2. The van der Waals surface area contributed by atoms with Gasteiger partial charge in [-0.25, -0.2) is 0 Å². The van der Waals surface area contributed by atoms with E-state index in [-0.39, 0.29) is 18.1 Å². The van der Waals surface area contributed by atoms with Crippen LogP contribution in [0.25, 0.3) is 0 Å². The fraction of sp³-hybridized carbons (Fsp3) is 0.600. The van der Waals surface area contributed by atoms with E-state index in [0.717, 1.165) is 18.4 Å². The highest BCUT2D eigenvalue weighted by Crippen LogP contribution is 2.40. The van der Waals surface area contributed by atoms with Crippen molar-refractivity contribution in [3.8, 4) is 0 Å². The van der Waals surface area contributed by atoms with E-state index in [1.54, 1.807) is 4.90 Å². The molecule has 0 radical (unpaired) electrons. The predicted molar refractivity (Wildman–Crippen MR) is 71.5 cm³/mol. The molecule has 0 heterocycles. The number of fused-ring (bicyclic) bond motifs is 1. The second-order valence-electron chi connectivity index (χ2n) is 5.76. The lowest BCUT2D eigenvalue weighted by Crippen LogP contribution is -2.47. The molecular weight excluding hydrogens is 265 g/mol. The largest absolute Gasteiger partial charge is 0.401 e. The first-order valence-corrected chi connectivity index (χ1v) is 7.07. The highest BCUT2D eigenvalue weighted by molar-refractivity contribution is 5.37. The van der Waals surface area contributed by atoms with Gasteiger partial charge in [-0.2, -0.15) is 13.2 Å². The van der Waals surface area contributed by atoms with Crippen LogP contribution in [0.5, 0.6) is 0 Å². The lowest BCUT2D eigenvalue weighted by atomic mass is 10.1. The van der Waals surface area contributed by atoms with E-state index >= 15 is 0 Å². The molecule has 0 saturated heterocycles. The summed E-state index contributed by atoms with van der Waals surface area (Å²) in [5.74, 6) is 0. The van der Waals surface area contributed by atoms with Gasteiger partial charge in [0, 0.05) is 18.1 Å². The smallest absolute Gasteiger partial charge is 0.312 e. The molecule has 2 aliphatic rings. The van der Waals surface area contributed by atoms with Gasteiger partial charge < -0.3 is 5.32 Å². The highest BCUT2D eigenvalue weighted by atomic mass is 19.4. The maximum Gasteiger partial charge on any atom is 0.401 e. The Morgan fingerprint density at radius 2 is 1.95 bits per heavy atom. The van der Waals surface area contributed by atoms with Crippen molar-refractivity contribution in [1.29, 1.82) is 0 Å². The second kappa shape index (κ2) is 5.04. The van der Waals surface area contributed by atoms with Crippen LogP contribution in [0.1, 0.15) is 30.0 Å². The van der Waals surface area contributed by atoms with Gasteiger partial charge in [-0.1, -0.05) is 24.3 Å². The third kappa shape index (κ3) is 2.69. The van der Waals surface area contributed by atoms with Crippen LogP contribution in [0.2, 0.25) is 0 Å². The molecule has 20 heavy (non-hydrogen) atoms. The van der Waals surface area contributed by atoms with E-state index in [1.807, 2.05) is 31.3 Å². The maximum atomic E-state index is 12.8. The average molecular weight is 284 g/mol. The number of alkyl halides is 3. The summed E-state index contributed by atoms with van der Waals surface area (Å²) in [6.07, 6.45) is -1.65. The van der Waals surface area contributed by atoms with Crippen molar-refractivity contribution in [2.24, 2.45) is 0 Å². The Morgan fingerprint density at radius 1 is 1.25 bits per heavy atom. The van der Waals surface area contributed by atoms with Crippen molar-refractivity contribution >= 4 is 0 Å². The van der Waals surface area contributed by atoms with E-state index < -0.39 is 12.7 Å². The summed E-state index contributed by atoms with van der Waals surface area (Å²) in [7, 11) is 1.83. The molecule has 1 aromatic carbocycles. The Balaban J connectivity index is 1.85. The molecule has 1 fully saturated rings. The van der Waals surface area contributed by atoms with E-state index in [9.17, 15) is 13.2 Å². The summed E-state index contributed by atoms with van der Waals surface area (Å²) in [5.41, 5.74) is 2.32. The zero-order valence-corrected chi connectivity index (χ0v) is 11.5. The average Bonchev–Trinajstić information content (AvgIpc) is 3.15. The Kier molecular flexibility index (Phi) is 3.50. The van der Waals surface area contributed by atoms with E-state index in [4.69, 9.17) is 0 Å². The fourth-order valence-electron chi connectivity index (χ4n) is 3.36. The summed E-state index contributed by atoms with van der Waals surface area (Å²) in [6.45, 7) is -0.797. The summed E-state index contributed by atoms with van der Waals surface area (Å²) in [6, 6.07) is 7.97. The summed E-state index contributed by atoms with van der Waals surface area (Å²) < 4.78 is 38.5. The van der Waals surface area contributed by atoms with Crippen LogP contribution in [-0.2, 0) is 6.42 Å². The monoisotopic (exact) mass is 284 g/mol. The Hall–Kier alpha value is -1.07. The van der Waals surface area contributed by atoms with Crippen LogP contribution in [-0.4, -0.2) is 36.8 Å². The third-order valence-corrected chi connectivity index (χ3v) is 4.32. The van der Waals surface area contributed by atoms with E-state index in [2.05, 4.69) is 5.32 Å². The summed E-state index contributed by atoms with van der Waals surface area (Å²) >= 11 is 0. The first kappa shape index (κ1) is 13.9. The first-order chi connectivity index (χ1) is 9.49. The molecule has 2 unspecified atom stereocenters. The van der Waals surface area contributed by atoms with Gasteiger partial charge in [0.1, 0.15) is 0 Å². The van der Waals surface area contributed by atoms with Gasteiger partial charge in [0.15, 0.2) is 0 Å². The van der Waals surface area contributed by atoms with Gasteiger partial charge in [-0.3, -0.25) is 4.90 Å². The van der Waals surface area contributed by atoms with Crippen molar-refractivity contribution in [2.75, 3.05) is 13.6 Å². The van der Waals surface area contributed by atoms with Crippen molar-refractivity contribution in [1.82, 2.24) is 10.2 Å². The molecule has 0 bridgehead atoms. The normalized spacial score (nSPS) is 26.1. The molecule has 2 aliphatic carbocycles. The molecule has 110 valence electrons. The molecular formula is C15H19F3N2. The second-order valence-corrected chi connectivity index (χ2v) is 5.76. The molecule has 2 atom stereocenters. The zero-order valence-electron chi connectivity index (χ0n) is 11.5. The van der Waals surface area contributed by atoms with E-state index in [1.165, 1.54) is 5.56 Å². The molecule has 1 aromatic rings. The molecule has 5 heteroatoms. The van der Waals surface area contributed by atoms with Crippen LogP contribution < -0.4 is 5.32 Å². The van der Waals surface area contributed by atoms with Gasteiger partial charge in [0.2, 0.25) is 0 Å². The Morgan fingerprint density at radius 3 is 2.55 bits per heavy atom. The van der Waals surface area contributed by atoms with Crippen molar-refractivity contribution in [3.63, 3.8) is 0 Å². The molecule has 3 rings (SSSR count). The van der Waals surface area contributed by atoms with Crippen LogP contribution >= 0.6 is 0 Å².